The van der Waals surface area contributed by atoms with Gasteiger partial charge in [-0.1, -0.05) is 0 Å². The Labute approximate surface area is 194 Å². The van der Waals surface area contributed by atoms with E-state index in [-0.39, 0.29) is 0 Å². The van der Waals surface area contributed by atoms with Gasteiger partial charge < -0.3 is 14.0 Å². The highest BCUT2D eigenvalue weighted by Crippen LogP contribution is 2.40. The van der Waals surface area contributed by atoms with Crippen molar-refractivity contribution >= 4 is 85.5 Å². The van der Waals surface area contributed by atoms with Gasteiger partial charge in [0, 0.05) is 24.3 Å². The lowest BCUT2D eigenvalue weighted by Crippen LogP contribution is -2.43. The average Bonchev–Trinajstić information content (AvgIpc) is 3.10. The normalized spacial score (nSPS) is 14.8. The summed E-state index contributed by atoms with van der Waals surface area (Å²) in [4.78, 5) is 7.09. The molecule has 4 rings (SSSR count). The van der Waals surface area contributed by atoms with Crippen LogP contribution < -0.4 is 9.55 Å². The summed E-state index contributed by atoms with van der Waals surface area (Å²) in [6, 6.07) is 14.2. The highest BCUT2D eigenvalue weighted by molar-refractivity contribution is 14.3. The molecular weight excluding hydrogens is 597 g/mol. The maximum Gasteiger partial charge on any atom is 0.482 e. The topological polar surface area (TPSA) is 52.2 Å². The molecule has 0 unspecified atom stereocenters. The molecule has 3 aromatic rings. The van der Waals surface area contributed by atoms with Crippen LogP contribution in [0.25, 0.3) is 10.2 Å². The standard InChI is InChI=1S/C19H17BI2N4OS/c1-3-25(4-2)15-7-6-14-12-26(20(21,22)27-17(14)10-15)19-24-16-8-5-13(11-23)9-18(16)28-19/h5-10,12H,3-4H2,1-2H3. The minimum atomic E-state index is -1.38. The number of hydrogen-bond acceptors (Lipinski definition) is 5. The fourth-order valence-corrected chi connectivity index (χ4v) is 6.07. The molecule has 0 fully saturated rings. The first kappa shape index (κ1) is 19.9. The molecule has 0 saturated heterocycles. The summed E-state index contributed by atoms with van der Waals surface area (Å²) >= 11 is 6.30. The van der Waals surface area contributed by atoms with Gasteiger partial charge in [-0.05, 0) is 66.6 Å². The first-order valence-electron chi connectivity index (χ1n) is 8.98. The summed E-state index contributed by atoms with van der Waals surface area (Å²) in [7, 11) is 0. The molecule has 0 atom stereocenters. The highest BCUT2D eigenvalue weighted by Gasteiger charge is 2.37. The fourth-order valence-electron chi connectivity index (χ4n) is 3.24. The molecule has 0 aliphatic carbocycles. The summed E-state index contributed by atoms with van der Waals surface area (Å²) in [6.45, 7) is 6.25. The molecule has 1 aliphatic heterocycles. The highest BCUT2D eigenvalue weighted by atomic mass is 127. The van der Waals surface area contributed by atoms with Crippen molar-refractivity contribution in [1.29, 1.82) is 5.26 Å². The monoisotopic (exact) mass is 614 g/mol. The van der Waals surface area contributed by atoms with E-state index in [1.54, 1.807) is 17.4 Å². The zero-order chi connectivity index (χ0) is 19.9. The van der Waals surface area contributed by atoms with Gasteiger partial charge in [0.1, 0.15) is 0 Å². The van der Waals surface area contributed by atoms with Crippen LogP contribution in [0.3, 0.4) is 0 Å². The van der Waals surface area contributed by atoms with E-state index in [0.29, 0.717) is 5.56 Å². The van der Waals surface area contributed by atoms with E-state index in [1.807, 2.05) is 12.1 Å². The van der Waals surface area contributed by atoms with Crippen LogP contribution >= 0.6 is 56.1 Å². The lowest BCUT2D eigenvalue weighted by molar-refractivity contribution is -0.290. The van der Waals surface area contributed by atoms with Crippen molar-refractivity contribution < 1.29 is 9.14 Å². The summed E-state index contributed by atoms with van der Waals surface area (Å²) in [5.41, 5.74) is 3.76. The Morgan fingerprint density at radius 1 is 1.21 bits per heavy atom. The smallest absolute Gasteiger partial charge is 0.482 e. The van der Waals surface area contributed by atoms with Crippen molar-refractivity contribution in [3.63, 3.8) is 0 Å². The molecular formula is C19H17BI2N4OS. The Morgan fingerprint density at radius 2 is 2.00 bits per heavy atom. The lowest BCUT2D eigenvalue weighted by Gasteiger charge is -2.36. The Bertz CT molecular complexity index is 1130. The molecule has 28 heavy (non-hydrogen) atoms. The largest absolute Gasteiger partial charge is 0.662 e. The van der Waals surface area contributed by atoms with Crippen LogP contribution in [0.5, 0.6) is 5.75 Å². The molecule has 1 aromatic heterocycles. The molecule has 1 aliphatic rings. The van der Waals surface area contributed by atoms with Gasteiger partial charge in [0.15, 0.2) is 5.52 Å². The molecule has 142 valence electrons. The minimum Gasteiger partial charge on any atom is -0.662 e. The zero-order valence-corrected chi connectivity index (χ0v) is 20.5. The Hall–Kier alpha value is -1.39. The molecule has 2 aromatic carbocycles. The summed E-state index contributed by atoms with van der Waals surface area (Å²) in [5.74, 6) is 0.900. The van der Waals surface area contributed by atoms with E-state index >= 15 is 0 Å². The average molecular weight is 614 g/mol. The molecule has 5 nitrogen and oxygen atoms in total. The number of nitriles is 1. The van der Waals surface area contributed by atoms with Crippen LogP contribution in [0.4, 0.5) is 10.8 Å². The Kier molecular flexibility index (Phi) is 5.54. The second kappa shape index (κ2) is 7.80. The van der Waals surface area contributed by atoms with Gasteiger partial charge >= 0.3 is 7.33 Å². The second-order valence-electron chi connectivity index (χ2n) is 6.40. The van der Waals surface area contributed by atoms with Gasteiger partial charge in [0.05, 0.1) is 28.3 Å². The Morgan fingerprint density at radius 3 is 2.71 bits per heavy atom. The molecule has 2 heterocycles. The van der Waals surface area contributed by atoms with E-state index in [2.05, 4.69) is 98.5 Å². The number of thiazole rings is 1. The number of hydrogen-bond donors (Lipinski definition) is 0. The van der Waals surface area contributed by atoms with E-state index in [9.17, 15) is 0 Å². The minimum absolute atomic E-state index is 0.650. The quantitative estimate of drug-likeness (QED) is 0.289. The van der Waals surface area contributed by atoms with Crippen molar-refractivity contribution in [2.45, 2.75) is 13.8 Å². The first-order valence-corrected chi connectivity index (χ1v) is 12.3. The SMILES string of the molecule is CCN(CC)c1ccc2c(c1)O[B-](I)(I)[N+](c1nc3ccc(C#N)cc3s1)=C2. The van der Waals surface area contributed by atoms with E-state index in [0.717, 1.165) is 39.8 Å². The molecule has 0 saturated carbocycles. The number of anilines is 1. The predicted molar refractivity (Wildman–Crippen MR) is 134 cm³/mol. The molecule has 0 bridgehead atoms. The van der Waals surface area contributed by atoms with Crippen LogP contribution in [-0.2, 0) is 0 Å². The van der Waals surface area contributed by atoms with Gasteiger partial charge in [-0.15, -0.1) is 0 Å². The summed E-state index contributed by atoms with van der Waals surface area (Å²) < 4.78 is 8.16. The number of halogens is 2. The Balaban J connectivity index is 1.79. The van der Waals surface area contributed by atoms with Gasteiger partial charge in [-0.3, -0.25) is 0 Å². The van der Waals surface area contributed by atoms with Gasteiger partial charge in [-0.2, -0.15) is 5.26 Å². The van der Waals surface area contributed by atoms with Crippen LogP contribution in [0.1, 0.15) is 25.0 Å². The number of nitrogens with zero attached hydrogens (tertiary/aromatic N) is 4. The number of fused-ring (bicyclic) bond motifs is 2. The van der Waals surface area contributed by atoms with Gasteiger partial charge in [0.2, 0.25) is 0 Å². The third kappa shape index (κ3) is 3.62. The third-order valence-corrected chi connectivity index (χ3v) is 7.46. The van der Waals surface area contributed by atoms with Crippen molar-refractivity contribution in [3.8, 4) is 11.8 Å². The van der Waals surface area contributed by atoms with Crippen LogP contribution in [0.15, 0.2) is 36.4 Å². The second-order valence-corrected chi connectivity index (χ2v) is 13.2. The molecule has 0 N–H and O–H groups in total. The third-order valence-electron chi connectivity index (χ3n) is 4.72. The van der Waals surface area contributed by atoms with Crippen LogP contribution in [0, 0.1) is 11.3 Å². The predicted octanol–water partition coefficient (Wildman–Crippen LogP) is 5.48. The number of benzene rings is 2. The van der Waals surface area contributed by atoms with Crippen LogP contribution in [-0.4, -0.2) is 31.0 Å². The summed E-state index contributed by atoms with van der Waals surface area (Å²) in [5, 5.41) is 10.0. The van der Waals surface area contributed by atoms with E-state index < -0.39 is 2.20 Å². The van der Waals surface area contributed by atoms with Crippen molar-refractivity contribution in [1.82, 2.24) is 4.98 Å². The molecule has 0 spiro atoms. The molecule has 0 amide bonds. The fraction of sp³-hybridized carbons (Fsp3) is 0.211. The van der Waals surface area contributed by atoms with Crippen molar-refractivity contribution in [3.05, 3.63) is 47.5 Å². The molecule has 0 radical (unpaired) electrons. The maximum atomic E-state index is 9.14. The summed E-state index contributed by atoms with van der Waals surface area (Å²) in [6.07, 6.45) is 2.12. The lowest BCUT2D eigenvalue weighted by atomic mass is 10.1. The van der Waals surface area contributed by atoms with Gasteiger partial charge in [0.25, 0.3) is 0 Å². The maximum absolute atomic E-state index is 9.14. The van der Waals surface area contributed by atoms with Gasteiger partial charge in [-0.25, -0.2) is 44.7 Å². The van der Waals surface area contributed by atoms with Crippen molar-refractivity contribution in [2.75, 3.05) is 18.0 Å². The number of aromatic nitrogens is 1. The number of rotatable bonds is 4. The van der Waals surface area contributed by atoms with Crippen molar-refractivity contribution in [2.24, 2.45) is 0 Å². The van der Waals surface area contributed by atoms with Crippen LogP contribution in [0.2, 0.25) is 0 Å². The zero-order valence-electron chi connectivity index (χ0n) is 15.4. The van der Waals surface area contributed by atoms with E-state index in [4.69, 9.17) is 14.9 Å². The first-order chi connectivity index (χ1) is 13.4. The van der Waals surface area contributed by atoms with E-state index in [1.165, 1.54) is 5.69 Å². The molecule has 9 heteroatoms.